The van der Waals surface area contributed by atoms with E-state index < -0.39 is 0 Å². The van der Waals surface area contributed by atoms with Crippen molar-refractivity contribution in [2.24, 2.45) is 7.05 Å². The molecule has 3 rings (SSSR count). The van der Waals surface area contributed by atoms with Gasteiger partial charge in [-0.15, -0.1) is 0 Å². The molecule has 1 aromatic carbocycles. The summed E-state index contributed by atoms with van der Waals surface area (Å²) in [7, 11) is 1.91. The van der Waals surface area contributed by atoms with E-state index in [4.69, 9.17) is 11.6 Å². The fraction of sp³-hybridized carbons (Fsp3) is 0.333. The predicted molar refractivity (Wildman–Crippen MR) is 81.0 cm³/mol. The third kappa shape index (κ3) is 2.94. The van der Waals surface area contributed by atoms with Gasteiger partial charge in [0.25, 0.3) is 0 Å². The minimum atomic E-state index is -0.324. The highest BCUT2D eigenvalue weighted by Gasteiger charge is 2.28. The van der Waals surface area contributed by atoms with Crippen LogP contribution in [0.3, 0.4) is 0 Å². The van der Waals surface area contributed by atoms with Crippen LogP contribution >= 0.6 is 11.6 Å². The van der Waals surface area contributed by atoms with Crippen LogP contribution in [0.4, 0.5) is 0 Å². The van der Waals surface area contributed by atoms with E-state index in [0.29, 0.717) is 11.6 Å². The van der Waals surface area contributed by atoms with Crippen molar-refractivity contribution >= 4 is 17.5 Å². The molecule has 1 aliphatic heterocycles. The molecule has 110 valence electrons. The smallest absolute Gasteiger partial charge is 0.242 e. The Morgan fingerprint density at radius 3 is 3.00 bits per heavy atom. The fourth-order valence-corrected chi connectivity index (χ4v) is 2.73. The molecule has 6 heteroatoms. The molecular formula is C15H17ClN4O. The largest absolute Gasteiger partial charge is 0.350 e. The summed E-state index contributed by atoms with van der Waals surface area (Å²) in [4.78, 5) is 12.4. The van der Waals surface area contributed by atoms with Crippen molar-refractivity contribution in [3.8, 4) is 0 Å². The van der Waals surface area contributed by atoms with Gasteiger partial charge in [-0.3, -0.25) is 9.48 Å². The van der Waals surface area contributed by atoms with Crippen LogP contribution in [0.15, 0.2) is 30.5 Å². The second kappa shape index (κ2) is 5.87. The average Bonchev–Trinajstić information content (AvgIpc) is 2.88. The zero-order valence-corrected chi connectivity index (χ0v) is 12.5. The second-order valence-corrected chi connectivity index (χ2v) is 5.59. The molecule has 0 radical (unpaired) electrons. The molecule has 1 amide bonds. The summed E-state index contributed by atoms with van der Waals surface area (Å²) in [6.07, 6.45) is 2.67. The Balaban J connectivity index is 1.67. The highest BCUT2D eigenvalue weighted by Crippen LogP contribution is 2.22. The van der Waals surface area contributed by atoms with Gasteiger partial charge in [-0.05, 0) is 17.7 Å². The molecule has 2 heterocycles. The minimum absolute atomic E-state index is 0.0288. The van der Waals surface area contributed by atoms with Gasteiger partial charge in [0.1, 0.15) is 6.04 Å². The summed E-state index contributed by atoms with van der Waals surface area (Å²) in [5.74, 6) is -0.0288. The van der Waals surface area contributed by atoms with Gasteiger partial charge in [0.05, 0.1) is 6.20 Å². The number of amides is 1. The van der Waals surface area contributed by atoms with Crippen LogP contribution in [0.1, 0.15) is 22.9 Å². The average molecular weight is 305 g/mol. The lowest BCUT2D eigenvalue weighted by atomic mass is 10.0. The second-order valence-electron chi connectivity index (χ2n) is 5.15. The van der Waals surface area contributed by atoms with Gasteiger partial charge in [0.15, 0.2) is 0 Å². The first-order valence-corrected chi connectivity index (χ1v) is 7.29. The maximum absolute atomic E-state index is 12.4. The number of rotatable bonds is 3. The van der Waals surface area contributed by atoms with Crippen molar-refractivity contribution in [2.45, 2.75) is 19.0 Å². The number of nitrogens with zero attached hydrogens (tertiary/aromatic N) is 2. The highest BCUT2D eigenvalue weighted by molar-refractivity contribution is 6.30. The minimum Gasteiger partial charge on any atom is -0.350 e. The van der Waals surface area contributed by atoms with E-state index in [1.54, 1.807) is 6.20 Å². The number of carbonyl (C=O) groups excluding carboxylic acids is 1. The molecule has 0 bridgehead atoms. The molecule has 1 aliphatic rings. The summed E-state index contributed by atoms with van der Waals surface area (Å²) < 4.78 is 1.84. The van der Waals surface area contributed by atoms with Gasteiger partial charge < -0.3 is 10.6 Å². The van der Waals surface area contributed by atoms with Crippen LogP contribution in [0.25, 0.3) is 0 Å². The topological polar surface area (TPSA) is 59.0 Å². The molecule has 2 N–H and O–H groups in total. The first-order chi connectivity index (χ1) is 10.1. The first-order valence-electron chi connectivity index (χ1n) is 6.91. The van der Waals surface area contributed by atoms with Crippen molar-refractivity contribution < 1.29 is 4.79 Å². The summed E-state index contributed by atoms with van der Waals surface area (Å²) in [6, 6.07) is 7.14. The monoisotopic (exact) mass is 304 g/mol. The quantitative estimate of drug-likeness (QED) is 0.905. The number of carbonyl (C=O) groups is 1. The van der Waals surface area contributed by atoms with Crippen molar-refractivity contribution in [1.29, 1.82) is 0 Å². The Morgan fingerprint density at radius 2 is 2.24 bits per heavy atom. The third-order valence-electron chi connectivity index (χ3n) is 3.76. The van der Waals surface area contributed by atoms with Gasteiger partial charge in [0.2, 0.25) is 5.91 Å². The number of hydrogen-bond donors (Lipinski definition) is 2. The van der Waals surface area contributed by atoms with E-state index in [9.17, 15) is 4.79 Å². The number of halogens is 1. The van der Waals surface area contributed by atoms with Gasteiger partial charge in [-0.1, -0.05) is 23.7 Å². The van der Waals surface area contributed by atoms with Crippen molar-refractivity contribution in [3.05, 3.63) is 52.3 Å². The fourth-order valence-electron chi connectivity index (χ4n) is 2.60. The van der Waals surface area contributed by atoms with Crippen LogP contribution in [-0.2, 0) is 24.8 Å². The van der Waals surface area contributed by atoms with Gasteiger partial charge in [-0.25, -0.2) is 0 Å². The van der Waals surface area contributed by atoms with Crippen LogP contribution < -0.4 is 10.6 Å². The van der Waals surface area contributed by atoms with Crippen molar-refractivity contribution in [1.82, 2.24) is 20.4 Å². The maximum atomic E-state index is 12.4. The lowest BCUT2D eigenvalue weighted by Crippen LogP contribution is -2.41. The van der Waals surface area contributed by atoms with E-state index in [1.807, 2.05) is 36.0 Å². The van der Waals surface area contributed by atoms with Crippen molar-refractivity contribution in [2.75, 3.05) is 6.54 Å². The Labute approximate surface area is 128 Å². The lowest BCUT2D eigenvalue weighted by Gasteiger charge is -2.23. The molecule has 1 unspecified atom stereocenters. The van der Waals surface area contributed by atoms with E-state index in [2.05, 4.69) is 15.7 Å². The number of hydrogen-bond acceptors (Lipinski definition) is 3. The molecule has 0 saturated carbocycles. The molecule has 0 saturated heterocycles. The summed E-state index contributed by atoms with van der Waals surface area (Å²) in [6.45, 7) is 1.27. The van der Waals surface area contributed by atoms with Gasteiger partial charge >= 0.3 is 0 Å². The van der Waals surface area contributed by atoms with Crippen LogP contribution in [0.5, 0.6) is 0 Å². The lowest BCUT2D eigenvalue weighted by molar-refractivity contribution is -0.123. The van der Waals surface area contributed by atoms with E-state index >= 15 is 0 Å². The molecule has 2 aromatic rings. The zero-order chi connectivity index (χ0) is 14.8. The summed E-state index contributed by atoms with van der Waals surface area (Å²) in [5, 5.41) is 11.1. The Bertz CT molecular complexity index is 650. The molecule has 0 fully saturated rings. The predicted octanol–water partition coefficient (Wildman–Crippen LogP) is 1.58. The standard InChI is InChI=1S/C15H17ClN4O/c1-20-13-6-7-17-14(12(13)9-19-20)15(21)18-8-10-2-4-11(16)5-3-10/h2-5,9,14,17H,6-8H2,1H3,(H,18,21). The van der Waals surface area contributed by atoms with Gasteiger partial charge in [-0.2, -0.15) is 5.10 Å². The van der Waals surface area contributed by atoms with Crippen LogP contribution in [0.2, 0.25) is 5.02 Å². The number of fused-ring (bicyclic) bond motifs is 1. The van der Waals surface area contributed by atoms with Crippen LogP contribution in [0, 0.1) is 0 Å². The van der Waals surface area contributed by atoms with Gasteiger partial charge in [0, 0.05) is 42.8 Å². The molecule has 1 atom stereocenters. The maximum Gasteiger partial charge on any atom is 0.242 e. The number of nitrogens with one attached hydrogen (secondary N) is 2. The van der Waals surface area contributed by atoms with E-state index in [0.717, 1.165) is 29.8 Å². The highest BCUT2D eigenvalue weighted by atomic mass is 35.5. The van der Waals surface area contributed by atoms with Crippen molar-refractivity contribution in [3.63, 3.8) is 0 Å². The Hall–Kier alpha value is -1.85. The van der Waals surface area contributed by atoms with E-state index in [-0.39, 0.29) is 11.9 Å². The summed E-state index contributed by atoms with van der Waals surface area (Å²) in [5.41, 5.74) is 3.12. The molecule has 21 heavy (non-hydrogen) atoms. The number of aromatic nitrogens is 2. The van der Waals surface area contributed by atoms with Crippen LogP contribution in [-0.4, -0.2) is 22.2 Å². The van der Waals surface area contributed by atoms with E-state index in [1.165, 1.54) is 0 Å². The SMILES string of the molecule is Cn1ncc2c1CCNC2C(=O)NCc1ccc(Cl)cc1. The third-order valence-corrected chi connectivity index (χ3v) is 4.01. The Kier molecular flexibility index (Phi) is 3.94. The zero-order valence-electron chi connectivity index (χ0n) is 11.8. The molecular weight excluding hydrogens is 288 g/mol. The molecule has 0 aliphatic carbocycles. The first kappa shape index (κ1) is 14.1. The molecule has 5 nitrogen and oxygen atoms in total. The molecule has 1 aromatic heterocycles. The Morgan fingerprint density at radius 1 is 1.48 bits per heavy atom. The number of benzene rings is 1. The number of aryl methyl sites for hydroxylation is 1. The normalized spacial score (nSPS) is 17.3. The molecule has 0 spiro atoms. The summed E-state index contributed by atoms with van der Waals surface area (Å²) >= 11 is 5.85.